The molecule has 0 bridgehead atoms. The average molecular weight is 294 g/mol. The molecule has 0 atom stereocenters. The van der Waals surface area contributed by atoms with Crippen LogP contribution in [0.25, 0.3) is 0 Å². The quantitative estimate of drug-likeness (QED) is 0.858. The van der Waals surface area contributed by atoms with Crippen LogP contribution in [0.3, 0.4) is 0 Å². The molecule has 0 amide bonds. The van der Waals surface area contributed by atoms with Crippen molar-refractivity contribution in [2.24, 2.45) is 0 Å². The maximum Gasteiger partial charge on any atom is 0.137 e. The summed E-state index contributed by atoms with van der Waals surface area (Å²) in [6, 6.07) is 11.5. The summed E-state index contributed by atoms with van der Waals surface area (Å²) in [5, 5.41) is 11.0. The molecule has 4 heteroatoms. The number of ether oxygens (including phenoxy) is 1. The van der Waals surface area contributed by atoms with Gasteiger partial charge in [0, 0.05) is 9.35 Å². The Bertz CT molecular complexity index is 516. The molecule has 0 saturated carbocycles. The highest BCUT2D eigenvalue weighted by Gasteiger charge is 2.04. The fourth-order valence-electron chi connectivity index (χ4n) is 1.26. The first-order valence-electron chi connectivity index (χ1n) is 4.64. The van der Waals surface area contributed by atoms with Crippen molar-refractivity contribution in [3.05, 3.63) is 50.6 Å². The van der Waals surface area contributed by atoms with Crippen molar-refractivity contribution in [1.29, 1.82) is 5.26 Å². The zero-order valence-corrected chi connectivity index (χ0v) is 10.7. The highest BCUT2D eigenvalue weighted by Crippen LogP contribution is 2.23. The SMILES string of the molecule is N#Cc1cc(Br)ccc1OCc1cccs1. The van der Waals surface area contributed by atoms with E-state index in [2.05, 4.69) is 22.0 Å². The zero-order chi connectivity index (χ0) is 11.4. The summed E-state index contributed by atoms with van der Waals surface area (Å²) < 4.78 is 6.48. The molecule has 0 saturated heterocycles. The highest BCUT2D eigenvalue weighted by atomic mass is 79.9. The summed E-state index contributed by atoms with van der Waals surface area (Å²) in [5.41, 5.74) is 0.547. The Morgan fingerprint density at radius 2 is 2.25 bits per heavy atom. The van der Waals surface area contributed by atoms with E-state index in [0.717, 1.165) is 9.35 Å². The van der Waals surface area contributed by atoms with Gasteiger partial charge in [0.15, 0.2) is 0 Å². The van der Waals surface area contributed by atoms with E-state index in [1.165, 1.54) is 0 Å². The molecule has 0 aliphatic carbocycles. The Morgan fingerprint density at radius 3 is 2.94 bits per heavy atom. The number of nitriles is 1. The number of rotatable bonds is 3. The third-order valence-corrected chi connectivity index (χ3v) is 3.36. The van der Waals surface area contributed by atoms with Gasteiger partial charge in [-0.1, -0.05) is 22.0 Å². The monoisotopic (exact) mass is 293 g/mol. The van der Waals surface area contributed by atoms with Crippen molar-refractivity contribution >= 4 is 27.3 Å². The third kappa shape index (κ3) is 2.63. The average Bonchev–Trinajstić information content (AvgIpc) is 2.80. The van der Waals surface area contributed by atoms with Crippen LogP contribution in [0.15, 0.2) is 40.2 Å². The molecule has 0 N–H and O–H groups in total. The fraction of sp³-hybridized carbons (Fsp3) is 0.0833. The Balaban J connectivity index is 2.13. The molecule has 2 rings (SSSR count). The molecule has 0 aliphatic rings. The van der Waals surface area contributed by atoms with Crippen molar-refractivity contribution < 1.29 is 4.74 Å². The second-order valence-electron chi connectivity index (χ2n) is 3.12. The Labute approximate surface area is 106 Å². The standard InChI is InChI=1S/C12H8BrNOS/c13-10-3-4-12(9(6-10)7-14)15-8-11-2-1-5-16-11/h1-6H,8H2. The van der Waals surface area contributed by atoms with Gasteiger partial charge in [-0.05, 0) is 29.6 Å². The predicted molar refractivity (Wildman–Crippen MR) is 67.5 cm³/mol. The Hall–Kier alpha value is -1.31. The van der Waals surface area contributed by atoms with E-state index in [1.54, 1.807) is 23.5 Å². The number of hydrogen-bond acceptors (Lipinski definition) is 3. The number of hydrogen-bond donors (Lipinski definition) is 0. The molecule has 80 valence electrons. The molecule has 2 nitrogen and oxygen atoms in total. The maximum absolute atomic E-state index is 8.95. The predicted octanol–water partition coefficient (Wildman–Crippen LogP) is 3.96. The van der Waals surface area contributed by atoms with Crippen molar-refractivity contribution in [2.75, 3.05) is 0 Å². The number of thiophene rings is 1. The van der Waals surface area contributed by atoms with E-state index < -0.39 is 0 Å². The Morgan fingerprint density at radius 1 is 1.38 bits per heavy atom. The van der Waals surface area contributed by atoms with Crippen LogP contribution in [0.4, 0.5) is 0 Å². The summed E-state index contributed by atoms with van der Waals surface area (Å²) in [7, 11) is 0. The lowest BCUT2D eigenvalue weighted by atomic mass is 10.2. The lowest BCUT2D eigenvalue weighted by Crippen LogP contribution is -1.95. The summed E-state index contributed by atoms with van der Waals surface area (Å²) in [6.07, 6.45) is 0. The first-order valence-corrected chi connectivity index (χ1v) is 6.31. The number of halogens is 1. The normalized spacial score (nSPS) is 9.75. The van der Waals surface area contributed by atoms with Gasteiger partial charge in [0.2, 0.25) is 0 Å². The molecule has 0 spiro atoms. The molecule has 16 heavy (non-hydrogen) atoms. The minimum atomic E-state index is 0.508. The van der Waals surface area contributed by atoms with E-state index in [4.69, 9.17) is 10.00 Å². The van der Waals surface area contributed by atoms with Gasteiger partial charge >= 0.3 is 0 Å². The van der Waals surface area contributed by atoms with Crippen LogP contribution in [-0.2, 0) is 6.61 Å². The van der Waals surface area contributed by atoms with Gasteiger partial charge in [0.05, 0.1) is 5.56 Å². The first-order chi connectivity index (χ1) is 7.79. The lowest BCUT2D eigenvalue weighted by Gasteiger charge is -2.06. The van der Waals surface area contributed by atoms with Gasteiger partial charge in [0.25, 0.3) is 0 Å². The minimum Gasteiger partial charge on any atom is -0.487 e. The van der Waals surface area contributed by atoms with E-state index in [1.807, 2.05) is 23.6 Å². The Kier molecular flexibility index (Phi) is 3.60. The molecular weight excluding hydrogens is 286 g/mol. The third-order valence-electron chi connectivity index (χ3n) is 2.01. The first kappa shape index (κ1) is 11.2. The van der Waals surface area contributed by atoms with E-state index >= 15 is 0 Å². The van der Waals surface area contributed by atoms with Crippen molar-refractivity contribution in [2.45, 2.75) is 6.61 Å². The minimum absolute atomic E-state index is 0.508. The summed E-state index contributed by atoms with van der Waals surface area (Å²) >= 11 is 4.96. The van der Waals surface area contributed by atoms with Crippen LogP contribution in [0.2, 0.25) is 0 Å². The molecule has 1 aromatic carbocycles. The van der Waals surface area contributed by atoms with Gasteiger partial charge < -0.3 is 4.74 Å². The van der Waals surface area contributed by atoms with Crippen LogP contribution < -0.4 is 4.74 Å². The largest absolute Gasteiger partial charge is 0.487 e. The van der Waals surface area contributed by atoms with Gasteiger partial charge in [-0.15, -0.1) is 11.3 Å². The van der Waals surface area contributed by atoms with E-state index in [-0.39, 0.29) is 0 Å². The fourth-order valence-corrected chi connectivity index (χ4v) is 2.24. The molecule has 0 fully saturated rings. The van der Waals surface area contributed by atoms with Crippen molar-refractivity contribution in [3.8, 4) is 11.8 Å². The highest BCUT2D eigenvalue weighted by molar-refractivity contribution is 9.10. The topological polar surface area (TPSA) is 33.0 Å². The van der Waals surface area contributed by atoms with Crippen LogP contribution >= 0.6 is 27.3 Å². The van der Waals surface area contributed by atoms with Crippen LogP contribution in [0.5, 0.6) is 5.75 Å². The van der Waals surface area contributed by atoms with Crippen molar-refractivity contribution in [1.82, 2.24) is 0 Å². The molecule has 0 aliphatic heterocycles. The van der Waals surface area contributed by atoms with Crippen LogP contribution in [-0.4, -0.2) is 0 Å². The summed E-state index contributed by atoms with van der Waals surface area (Å²) in [5.74, 6) is 0.624. The molecular formula is C12H8BrNOS. The van der Waals surface area contributed by atoms with Gasteiger partial charge in [0.1, 0.15) is 18.4 Å². The van der Waals surface area contributed by atoms with Crippen LogP contribution in [0, 0.1) is 11.3 Å². The molecule has 1 heterocycles. The lowest BCUT2D eigenvalue weighted by molar-refractivity contribution is 0.309. The van der Waals surface area contributed by atoms with Crippen LogP contribution in [0.1, 0.15) is 10.4 Å². The number of benzene rings is 1. The van der Waals surface area contributed by atoms with Crippen molar-refractivity contribution in [3.63, 3.8) is 0 Å². The van der Waals surface area contributed by atoms with Gasteiger partial charge in [-0.2, -0.15) is 5.26 Å². The summed E-state index contributed by atoms with van der Waals surface area (Å²) in [6.45, 7) is 0.508. The molecule has 1 aromatic heterocycles. The van der Waals surface area contributed by atoms with E-state index in [0.29, 0.717) is 17.9 Å². The van der Waals surface area contributed by atoms with Gasteiger partial charge in [-0.3, -0.25) is 0 Å². The second-order valence-corrected chi connectivity index (χ2v) is 5.07. The smallest absolute Gasteiger partial charge is 0.137 e. The number of nitrogens with zero attached hydrogens (tertiary/aromatic N) is 1. The second kappa shape index (κ2) is 5.15. The van der Waals surface area contributed by atoms with E-state index in [9.17, 15) is 0 Å². The zero-order valence-electron chi connectivity index (χ0n) is 8.31. The summed E-state index contributed by atoms with van der Waals surface area (Å²) in [4.78, 5) is 1.15. The van der Waals surface area contributed by atoms with Gasteiger partial charge in [-0.25, -0.2) is 0 Å². The molecule has 0 radical (unpaired) electrons. The maximum atomic E-state index is 8.95. The molecule has 0 unspecified atom stereocenters. The molecule has 2 aromatic rings.